The number of carbonyl (C=O) groups is 1. The number of esters is 1. The van der Waals surface area contributed by atoms with E-state index in [0.29, 0.717) is 66.1 Å². The summed E-state index contributed by atoms with van der Waals surface area (Å²) >= 11 is 0. The zero-order valence-corrected chi connectivity index (χ0v) is 19.9. The van der Waals surface area contributed by atoms with E-state index in [1.54, 1.807) is 0 Å². The number of rotatable bonds is 26. The number of carbonyl (C=O) groups excluding carboxylic acids is 1. The van der Waals surface area contributed by atoms with Crippen molar-refractivity contribution in [2.75, 3.05) is 86.4 Å². The fraction of sp³-hybridized carbons (Fsp3) is 0.957. The Hall–Kier alpha value is -0.770. The Morgan fingerprint density at radius 1 is 0.484 bits per heavy atom. The molecule has 8 heteroatoms. The fourth-order valence-corrected chi connectivity index (χ4v) is 2.65. The van der Waals surface area contributed by atoms with Crippen LogP contribution in [0.4, 0.5) is 0 Å². The minimum atomic E-state index is -0.392. The van der Waals surface area contributed by atoms with Crippen molar-refractivity contribution in [2.24, 2.45) is 0 Å². The third-order valence-electron chi connectivity index (χ3n) is 4.45. The first-order valence-electron chi connectivity index (χ1n) is 11.8. The van der Waals surface area contributed by atoms with Crippen LogP contribution in [0.1, 0.15) is 58.3 Å². The predicted molar refractivity (Wildman–Crippen MR) is 120 cm³/mol. The molecule has 0 aromatic rings. The molecule has 0 aromatic heterocycles. The molecule has 186 valence electrons. The molecule has 0 aliphatic rings. The largest absolute Gasteiger partial charge is 0.467 e. The lowest BCUT2D eigenvalue weighted by Gasteiger charge is -2.08. The smallest absolute Gasteiger partial charge is 0.331 e. The highest BCUT2D eigenvalue weighted by Gasteiger charge is 1.99. The van der Waals surface area contributed by atoms with Gasteiger partial charge in [-0.3, -0.25) is 0 Å². The number of unbranched alkanes of at least 4 members (excludes halogenated alkanes) is 7. The third kappa shape index (κ3) is 27.2. The van der Waals surface area contributed by atoms with Crippen molar-refractivity contribution in [1.82, 2.24) is 0 Å². The summed E-state index contributed by atoms with van der Waals surface area (Å²) in [5, 5.41) is 0. The first-order chi connectivity index (χ1) is 15.3. The van der Waals surface area contributed by atoms with E-state index in [2.05, 4.69) is 11.7 Å². The quantitative estimate of drug-likeness (QED) is 0.146. The van der Waals surface area contributed by atoms with E-state index in [1.165, 1.54) is 52.1 Å². The average Bonchev–Trinajstić information content (AvgIpc) is 2.78. The Kier molecular flexibility index (Phi) is 26.6. The second kappa shape index (κ2) is 27.3. The molecule has 0 unspecified atom stereocenters. The molecule has 0 aromatic carbocycles. The van der Waals surface area contributed by atoms with Gasteiger partial charge in [0, 0.05) is 6.61 Å². The second-order valence-electron chi connectivity index (χ2n) is 7.17. The van der Waals surface area contributed by atoms with Crippen LogP contribution in [0.5, 0.6) is 0 Å². The molecule has 0 atom stereocenters. The lowest BCUT2D eigenvalue weighted by molar-refractivity contribution is -0.146. The van der Waals surface area contributed by atoms with Crippen molar-refractivity contribution < 1.29 is 38.0 Å². The minimum absolute atomic E-state index is 0.0518. The minimum Gasteiger partial charge on any atom is -0.467 e. The van der Waals surface area contributed by atoms with Crippen molar-refractivity contribution in [3.05, 3.63) is 0 Å². The van der Waals surface area contributed by atoms with Crippen molar-refractivity contribution >= 4 is 5.97 Å². The summed E-state index contributed by atoms with van der Waals surface area (Å²) in [6.45, 7) is 8.18. The van der Waals surface area contributed by atoms with Gasteiger partial charge in [0.25, 0.3) is 0 Å². The van der Waals surface area contributed by atoms with E-state index in [-0.39, 0.29) is 6.61 Å². The van der Waals surface area contributed by atoms with Crippen LogP contribution in [0.15, 0.2) is 0 Å². The monoisotopic (exact) mass is 450 g/mol. The van der Waals surface area contributed by atoms with Gasteiger partial charge in [-0.05, 0) is 6.42 Å². The molecule has 0 saturated heterocycles. The highest BCUT2D eigenvalue weighted by Crippen LogP contribution is 2.08. The number of methoxy groups -OCH3 is 1. The van der Waals surface area contributed by atoms with Gasteiger partial charge in [0.05, 0.1) is 73.2 Å². The maximum absolute atomic E-state index is 10.8. The SMILES string of the molecule is CCCCCCCCCCOCCOCCOCCOCCOCCOCC(=O)OC. The Morgan fingerprint density at radius 3 is 1.26 bits per heavy atom. The van der Waals surface area contributed by atoms with Gasteiger partial charge in [-0.25, -0.2) is 4.79 Å². The fourth-order valence-electron chi connectivity index (χ4n) is 2.65. The molecule has 0 aliphatic carbocycles. The molecule has 0 spiro atoms. The van der Waals surface area contributed by atoms with Gasteiger partial charge in [0.15, 0.2) is 0 Å². The standard InChI is InChI=1S/C23H46O8/c1-3-4-5-6-7-8-9-10-11-26-12-13-27-14-15-28-16-17-29-18-19-30-20-21-31-22-23(24)25-2/h3-22H2,1-2H3. The maximum atomic E-state index is 10.8. The van der Waals surface area contributed by atoms with Crippen LogP contribution >= 0.6 is 0 Å². The molecule has 0 rings (SSSR count). The van der Waals surface area contributed by atoms with Crippen LogP contribution in [-0.4, -0.2) is 92.4 Å². The van der Waals surface area contributed by atoms with Crippen molar-refractivity contribution in [3.8, 4) is 0 Å². The lowest BCUT2D eigenvalue weighted by atomic mass is 10.1. The Morgan fingerprint density at radius 2 is 0.839 bits per heavy atom. The zero-order valence-electron chi connectivity index (χ0n) is 19.9. The van der Waals surface area contributed by atoms with E-state index in [1.807, 2.05) is 0 Å². The number of ether oxygens (including phenoxy) is 7. The van der Waals surface area contributed by atoms with Gasteiger partial charge in [-0.15, -0.1) is 0 Å². The predicted octanol–water partition coefficient (Wildman–Crippen LogP) is 3.40. The van der Waals surface area contributed by atoms with E-state index >= 15 is 0 Å². The molecule has 8 nitrogen and oxygen atoms in total. The highest BCUT2D eigenvalue weighted by atomic mass is 16.6. The molecule has 0 N–H and O–H groups in total. The van der Waals surface area contributed by atoms with Crippen LogP contribution in [0.25, 0.3) is 0 Å². The van der Waals surface area contributed by atoms with E-state index < -0.39 is 5.97 Å². The van der Waals surface area contributed by atoms with Crippen LogP contribution < -0.4 is 0 Å². The number of hydrogen-bond donors (Lipinski definition) is 0. The molecule has 0 aliphatic heterocycles. The summed E-state index contributed by atoms with van der Waals surface area (Å²) < 4.78 is 36.7. The van der Waals surface area contributed by atoms with Gasteiger partial charge >= 0.3 is 5.97 Å². The van der Waals surface area contributed by atoms with Crippen LogP contribution in [-0.2, 0) is 38.0 Å². The Bertz CT molecular complexity index is 354. The maximum Gasteiger partial charge on any atom is 0.331 e. The summed E-state index contributed by atoms with van der Waals surface area (Å²) in [5.74, 6) is -0.392. The highest BCUT2D eigenvalue weighted by molar-refractivity contribution is 5.70. The normalized spacial score (nSPS) is 11.2. The van der Waals surface area contributed by atoms with E-state index in [9.17, 15) is 4.79 Å². The third-order valence-corrected chi connectivity index (χ3v) is 4.45. The van der Waals surface area contributed by atoms with Gasteiger partial charge in [0.2, 0.25) is 0 Å². The Balaban J connectivity index is 3.01. The molecule has 0 radical (unpaired) electrons. The van der Waals surface area contributed by atoms with Crippen molar-refractivity contribution in [1.29, 1.82) is 0 Å². The molecule has 0 heterocycles. The summed E-state index contributed by atoms with van der Waals surface area (Å²) in [5.41, 5.74) is 0. The van der Waals surface area contributed by atoms with Crippen molar-refractivity contribution in [2.45, 2.75) is 58.3 Å². The molecule has 0 bridgehead atoms. The van der Waals surface area contributed by atoms with E-state index in [0.717, 1.165) is 13.0 Å². The Labute approximate surface area is 189 Å². The first-order valence-corrected chi connectivity index (χ1v) is 11.8. The average molecular weight is 451 g/mol. The van der Waals surface area contributed by atoms with Gasteiger partial charge in [0.1, 0.15) is 6.61 Å². The van der Waals surface area contributed by atoms with Gasteiger partial charge in [-0.2, -0.15) is 0 Å². The number of hydrogen-bond acceptors (Lipinski definition) is 8. The summed E-state index contributed by atoms with van der Waals surface area (Å²) in [7, 11) is 1.32. The molecule has 31 heavy (non-hydrogen) atoms. The molecule has 0 saturated carbocycles. The zero-order chi connectivity index (χ0) is 22.7. The van der Waals surface area contributed by atoms with Gasteiger partial charge < -0.3 is 33.2 Å². The van der Waals surface area contributed by atoms with Crippen LogP contribution in [0.2, 0.25) is 0 Å². The summed E-state index contributed by atoms with van der Waals surface area (Å²) in [6, 6.07) is 0. The first kappa shape index (κ1) is 30.2. The summed E-state index contributed by atoms with van der Waals surface area (Å²) in [4.78, 5) is 10.8. The van der Waals surface area contributed by atoms with E-state index in [4.69, 9.17) is 28.4 Å². The van der Waals surface area contributed by atoms with Crippen LogP contribution in [0.3, 0.4) is 0 Å². The van der Waals surface area contributed by atoms with Crippen molar-refractivity contribution in [3.63, 3.8) is 0 Å². The van der Waals surface area contributed by atoms with Gasteiger partial charge in [-0.1, -0.05) is 51.9 Å². The molecular formula is C23H46O8. The topological polar surface area (TPSA) is 81.7 Å². The summed E-state index contributed by atoms with van der Waals surface area (Å²) in [6.07, 6.45) is 10.5. The second-order valence-corrected chi connectivity index (χ2v) is 7.17. The van der Waals surface area contributed by atoms with Crippen LogP contribution in [0, 0.1) is 0 Å². The molecular weight excluding hydrogens is 404 g/mol. The molecule has 0 amide bonds. The lowest BCUT2D eigenvalue weighted by Crippen LogP contribution is -2.15. The molecule has 0 fully saturated rings.